The van der Waals surface area contributed by atoms with Crippen molar-refractivity contribution in [1.82, 2.24) is 0 Å². The van der Waals surface area contributed by atoms with Gasteiger partial charge in [0.25, 0.3) is 0 Å². The third-order valence-corrected chi connectivity index (χ3v) is 7.14. The van der Waals surface area contributed by atoms with E-state index < -0.39 is 52.9 Å². The molecule has 216 valence electrons. The average molecular weight is 583 g/mol. The van der Waals surface area contributed by atoms with E-state index in [0.717, 1.165) is 5.56 Å². The molecular formula is C28H29F3O8S. The molecule has 1 heterocycles. The van der Waals surface area contributed by atoms with Crippen molar-refractivity contribution in [2.75, 3.05) is 6.61 Å². The third kappa shape index (κ3) is 8.10. The number of ether oxygens (including phenoxy) is 4. The van der Waals surface area contributed by atoms with E-state index in [4.69, 9.17) is 23.1 Å². The molecule has 0 aromatic heterocycles. The molecule has 0 radical (unpaired) electrons. The largest absolute Gasteiger partial charge is 0.523 e. The fourth-order valence-corrected chi connectivity index (χ4v) is 4.75. The highest BCUT2D eigenvalue weighted by molar-refractivity contribution is 7.87. The Morgan fingerprint density at radius 3 is 1.62 bits per heavy atom. The van der Waals surface area contributed by atoms with E-state index in [1.807, 2.05) is 0 Å². The van der Waals surface area contributed by atoms with Gasteiger partial charge in [-0.15, -0.1) is 0 Å². The third-order valence-electron chi connectivity index (χ3n) is 6.09. The van der Waals surface area contributed by atoms with Gasteiger partial charge in [0.1, 0.15) is 24.4 Å². The lowest BCUT2D eigenvalue weighted by atomic mass is 9.98. The second-order valence-corrected chi connectivity index (χ2v) is 10.6. The van der Waals surface area contributed by atoms with Gasteiger partial charge in [-0.1, -0.05) is 91.0 Å². The summed E-state index contributed by atoms with van der Waals surface area (Å²) in [6.45, 7) is -0.544. The summed E-state index contributed by atoms with van der Waals surface area (Å²) in [4.78, 5) is 0. The summed E-state index contributed by atoms with van der Waals surface area (Å²) in [5.74, 6) is 0. The van der Waals surface area contributed by atoms with Crippen LogP contribution >= 0.6 is 0 Å². The molecular weight excluding hydrogens is 553 g/mol. The summed E-state index contributed by atoms with van der Waals surface area (Å²) >= 11 is 0. The first-order valence-electron chi connectivity index (χ1n) is 12.4. The predicted molar refractivity (Wildman–Crippen MR) is 137 cm³/mol. The highest BCUT2D eigenvalue weighted by Gasteiger charge is 2.55. The van der Waals surface area contributed by atoms with Gasteiger partial charge >= 0.3 is 15.6 Å². The molecule has 8 nitrogen and oxygen atoms in total. The maximum Gasteiger partial charge on any atom is 0.523 e. The second kappa shape index (κ2) is 13.7. The number of hydrogen-bond donors (Lipinski definition) is 1. The first-order valence-corrected chi connectivity index (χ1v) is 13.8. The number of alkyl halides is 3. The lowest BCUT2D eigenvalue weighted by Gasteiger charge is -2.43. The monoisotopic (exact) mass is 582 g/mol. The predicted octanol–water partition coefficient (Wildman–Crippen LogP) is 4.33. The molecule has 0 saturated carbocycles. The zero-order valence-corrected chi connectivity index (χ0v) is 22.0. The summed E-state index contributed by atoms with van der Waals surface area (Å²) in [5.41, 5.74) is -3.59. The highest BCUT2D eigenvalue weighted by atomic mass is 32.2. The Hall–Kier alpha value is -2.84. The van der Waals surface area contributed by atoms with Crippen LogP contribution in [0.1, 0.15) is 16.7 Å². The normalized spacial score (nSPS) is 23.6. The molecule has 1 fully saturated rings. The molecule has 0 spiro atoms. The standard InChI is InChI=1S/C28H29F3O8S/c29-28(30,31)40(33,34)39-24-23(19-35-16-20-10-4-1-5-11-20)38-27(32)26(37-18-22-14-8-3-9-15-22)25(24)36-17-21-12-6-2-7-13-21/h1-15,23-27,32H,16-19H2/t23?,24-,25-,26-,27+/m0/s1. The first-order chi connectivity index (χ1) is 19.1. The van der Waals surface area contributed by atoms with Crippen molar-refractivity contribution in [3.05, 3.63) is 108 Å². The van der Waals surface area contributed by atoms with Crippen LogP contribution in [-0.2, 0) is 53.1 Å². The van der Waals surface area contributed by atoms with Crippen LogP contribution in [0.25, 0.3) is 0 Å². The molecule has 3 aromatic rings. The molecule has 1 aliphatic heterocycles. The summed E-state index contributed by atoms with van der Waals surface area (Å²) in [6.07, 6.45) is -7.90. The Balaban J connectivity index is 1.61. The minimum Gasteiger partial charge on any atom is -0.374 e. The Morgan fingerprint density at radius 1 is 0.700 bits per heavy atom. The van der Waals surface area contributed by atoms with Gasteiger partial charge in [0.2, 0.25) is 0 Å². The molecule has 0 bridgehead atoms. The molecule has 0 amide bonds. The van der Waals surface area contributed by atoms with Crippen LogP contribution in [0.2, 0.25) is 0 Å². The molecule has 1 N–H and O–H groups in total. The minimum atomic E-state index is -6.08. The van der Waals surface area contributed by atoms with Crippen molar-refractivity contribution in [3.8, 4) is 0 Å². The molecule has 3 aromatic carbocycles. The Kier molecular flexibility index (Phi) is 10.3. The van der Waals surface area contributed by atoms with Gasteiger partial charge in [0.05, 0.1) is 26.4 Å². The van der Waals surface area contributed by atoms with Crippen LogP contribution in [0.5, 0.6) is 0 Å². The zero-order chi connectivity index (χ0) is 28.6. The fraction of sp³-hybridized carbons (Fsp3) is 0.357. The molecule has 1 saturated heterocycles. The molecule has 12 heteroatoms. The minimum absolute atomic E-state index is 0.0546. The number of hydrogen-bond acceptors (Lipinski definition) is 8. The van der Waals surface area contributed by atoms with Crippen LogP contribution < -0.4 is 0 Å². The van der Waals surface area contributed by atoms with Gasteiger partial charge in [-0.25, -0.2) is 0 Å². The van der Waals surface area contributed by atoms with E-state index in [0.29, 0.717) is 11.1 Å². The molecule has 1 unspecified atom stereocenters. The van der Waals surface area contributed by atoms with E-state index in [9.17, 15) is 26.7 Å². The summed E-state index contributed by atoms with van der Waals surface area (Å²) in [7, 11) is -6.08. The van der Waals surface area contributed by atoms with Crippen molar-refractivity contribution < 1.29 is 49.8 Å². The summed E-state index contributed by atoms with van der Waals surface area (Å²) in [6, 6.07) is 26.4. The summed E-state index contributed by atoms with van der Waals surface area (Å²) < 4.78 is 92.2. The van der Waals surface area contributed by atoms with Gasteiger partial charge in [-0.05, 0) is 16.7 Å². The lowest BCUT2D eigenvalue weighted by Crippen LogP contribution is -2.62. The van der Waals surface area contributed by atoms with Crippen molar-refractivity contribution in [3.63, 3.8) is 0 Å². The maximum atomic E-state index is 13.4. The van der Waals surface area contributed by atoms with Gasteiger partial charge in [0, 0.05) is 0 Å². The molecule has 4 rings (SSSR count). The van der Waals surface area contributed by atoms with E-state index in [2.05, 4.69) is 0 Å². The highest BCUT2D eigenvalue weighted by Crippen LogP contribution is 2.34. The quantitative estimate of drug-likeness (QED) is 0.249. The zero-order valence-electron chi connectivity index (χ0n) is 21.2. The number of halogens is 3. The van der Waals surface area contributed by atoms with Crippen LogP contribution in [0.4, 0.5) is 13.2 Å². The van der Waals surface area contributed by atoms with Crippen molar-refractivity contribution in [1.29, 1.82) is 0 Å². The first kappa shape index (κ1) is 30.1. The number of rotatable bonds is 12. The van der Waals surface area contributed by atoms with Gasteiger partial charge in [-0.3, -0.25) is 4.18 Å². The van der Waals surface area contributed by atoms with E-state index in [1.165, 1.54) is 0 Å². The molecule has 0 aliphatic carbocycles. The lowest BCUT2D eigenvalue weighted by molar-refractivity contribution is -0.305. The Bertz CT molecular complexity index is 1280. The molecule has 1 aliphatic rings. The molecule has 5 atom stereocenters. The van der Waals surface area contributed by atoms with Crippen molar-refractivity contribution in [2.24, 2.45) is 0 Å². The Labute approximate surface area is 230 Å². The van der Waals surface area contributed by atoms with Crippen LogP contribution in [-0.4, -0.2) is 56.3 Å². The topological polar surface area (TPSA) is 101 Å². The van der Waals surface area contributed by atoms with E-state index >= 15 is 0 Å². The smallest absolute Gasteiger partial charge is 0.374 e. The maximum absolute atomic E-state index is 13.4. The van der Waals surface area contributed by atoms with E-state index in [-0.39, 0.29) is 19.8 Å². The van der Waals surface area contributed by atoms with Crippen LogP contribution in [0.15, 0.2) is 91.0 Å². The fourth-order valence-electron chi connectivity index (χ4n) is 4.11. The van der Waals surface area contributed by atoms with Crippen LogP contribution in [0.3, 0.4) is 0 Å². The number of aliphatic hydroxyl groups is 1. The summed E-state index contributed by atoms with van der Waals surface area (Å²) in [5, 5.41) is 10.9. The Morgan fingerprint density at radius 2 is 1.15 bits per heavy atom. The van der Waals surface area contributed by atoms with Gasteiger partial charge in [-0.2, -0.15) is 21.6 Å². The van der Waals surface area contributed by atoms with Gasteiger partial charge in [0.15, 0.2) is 6.29 Å². The second-order valence-electron chi connectivity index (χ2n) is 9.05. The van der Waals surface area contributed by atoms with Crippen LogP contribution in [0, 0.1) is 0 Å². The average Bonchev–Trinajstić information content (AvgIpc) is 2.94. The van der Waals surface area contributed by atoms with Crippen molar-refractivity contribution in [2.45, 2.75) is 56.0 Å². The van der Waals surface area contributed by atoms with Gasteiger partial charge < -0.3 is 24.1 Å². The number of aliphatic hydroxyl groups excluding tert-OH is 1. The number of benzene rings is 3. The van der Waals surface area contributed by atoms with E-state index in [1.54, 1.807) is 91.0 Å². The SMILES string of the molecule is O=S(=O)(O[C@H]1C(COCc2ccccc2)O[C@@H](O)[C@@H](OCc2ccccc2)[C@H]1OCc1ccccc1)C(F)(F)F. The molecule has 40 heavy (non-hydrogen) atoms. The van der Waals surface area contributed by atoms with Crippen molar-refractivity contribution >= 4 is 10.1 Å².